The van der Waals surface area contributed by atoms with Crippen molar-refractivity contribution in [1.29, 1.82) is 0 Å². The summed E-state index contributed by atoms with van der Waals surface area (Å²) in [7, 11) is 0. The normalized spacial score (nSPS) is 12.2. The summed E-state index contributed by atoms with van der Waals surface area (Å²) >= 11 is 0. The highest BCUT2D eigenvalue weighted by Gasteiger charge is 2.22. The summed E-state index contributed by atoms with van der Waals surface area (Å²) in [6.45, 7) is 7.71. The SMILES string of the molecule is Cc1ccccc1C(CC(=O)O)NC(=O)c1cnn(C(C)C)c1C. The molecular weight excluding hydrogens is 306 g/mol. The highest BCUT2D eigenvalue weighted by Crippen LogP contribution is 2.22. The van der Waals surface area contributed by atoms with Crippen LogP contribution in [0.15, 0.2) is 30.5 Å². The fourth-order valence-electron chi connectivity index (χ4n) is 2.79. The predicted octanol–water partition coefficient (Wildman–Crippen LogP) is 3.03. The van der Waals surface area contributed by atoms with Crippen LogP contribution in [0, 0.1) is 13.8 Å². The van der Waals surface area contributed by atoms with Crippen LogP contribution in [0.3, 0.4) is 0 Å². The minimum atomic E-state index is -0.960. The molecule has 1 heterocycles. The van der Waals surface area contributed by atoms with Crippen LogP contribution < -0.4 is 5.32 Å². The van der Waals surface area contributed by atoms with E-state index in [1.807, 2.05) is 52.0 Å². The number of aryl methyl sites for hydroxylation is 1. The number of benzene rings is 1. The third kappa shape index (κ3) is 3.82. The molecule has 0 fully saturated rings. The molecule has 0 saturated heterocycles. The Morgan fingerprint density at radius 2 is 1.92 bits per heavy atom. The number of aromatic nitrogens is 2. The number of carboxylic acid groups (broad SMARTS) is 1. The second kappa shape index (κ2) is 7.29. The molecule has 1 amide bonds. The maximum Gasteiger partial charge on any atom is 0.305 e. The number of carboxylic acids is 1. The first-order chi connectivity index (χ1) is 11.3. The molecule has 1 aromatic carbocycles. The number of carbonyl (C=O) groups is 2. The van der Waals surface area contributed by atoms with Crippen LogP contribution in [-0.2, 0) is 4.79 Å². The molecule has 0 radical (unpaired) electrons. The Hall–Kier alpha value is -2.63. The minimum absolute atomic E-state index is 0.151. The molecule has 1 aromatic heterocycles. The van der Waals surface area contributed by atoms with Gasteiger partial charge in [-0.05, 0) is 38.8 Å². The molecule has 0 aliphatic rings. The Labute approximate surface area is 141 Å². The Bertz CT molecular complexity index is 750. The Morgan fingerprint density at radius 3 is 2.46 bits per heavy atom. The first-order valence-electron chi connectivity index (χ1n) is 7.93. The largest absolute Gasteiger partial charge is 0.481 e. The van der Waals surface area contributed by atoms with Gasteiger partial charge >= 0.3 is 5.97 Å². The van der Waals surface area contributed by atoms with E-state index in [0.717, 1.165) is 16.8 Å². The summed E-state index contributed by atoms with van der Waals surface area (Å²) in [6, 6.07) is 7.03. The van der Waals surface area contributed by atoms with Crippen molar-refractivity contribution in [3.05, 3.63) is 52.8 Å². The predicted molar refractivity (Wildman–Crippen MR) is 91.0 cm³/mol. The zero-order valence-electron chi connectivity index (χ0n) is 14.4. The van der Waals surface area contributed by atoms with Crippen molar-refractivity contribution in [3.8, 4) is 0 Å². The van der Waals surface area contributed by atoms with Gasteiger partial charge < -0.3 is 10.4 Å². The van der Waals surface area contributed by atoms with Crippen LogP contribution in [0.1, 0.15) is 59.5 Å². The van der Waals surface area contributed by atoms with Gasteiger partial charge in [-0.25, -0.2) is 0 Å². The van der Waals surface area contributed by atoms with Gasteiger partial charge in [-0.3, -0.25) is 14.3 Å². The standard InChI is InChI=1S/C18H23N3O3/c1-11(2)21-13(4)15(10-19-21)18(24)20-16(9-17(22)23)14-8-6-5-7-12(14)3/h5-8,10-11,16H,9H2,1-4H3,(H,20,24)(H,22,23). The molecule has 6 nitrogen and oxygen atoms in total. The smallest absolute Gasteiger partial charge is 0.305 e. The van der Waals surface area contributed by atoms with E-state index in [9.17, 15) is 14.7 Å². The van der Waals surface area contributed by atoms with Crippen LogP contribution in [0.4, 0.5) is 0 Å². The number of hydrogen-bond donors (Lipinski definition) is 2. The van der Waals surface area contributed by atoms with Gasteiger partial charge in [0.1, 0.15) is 0 Å². The van der Waals surface area contributed by atoms with E-state index in [1.165, 1.54) is 6.20 Å². The van der Waals surface area contributed by atoms with E-state index in [-0.39, 0.29) is 18.4 Å². The highest BCUT2D eigenvalue weighted by molar-refractivity contribution is 5.95. The van der Waals surface area contributed by atoms with Crippen molar-refractivity contribution in [3.63, 3.8) is 0 Å². The quantitative estimate of drug-likeness (QED) is 0.853. The summed E-state index contributed by atoms with van der Waals surface area (Å²) in [4.78, 5) is 23.8. The molecular formula is C18H23N3O3. The molecule has 0 saturated carbocycles. The lowest BCUT2D eigenvalue weighted by Crippen LogP contribution is -2.31. The maximum absolute atomic E-state index is 12.6. The number of rotatable bonds is 6. The zero-order valence-corrected chi connectivity index (χ0v) is 14.4. The van der Waals surface area contributed by atoms with Crippen LogP contribution in [0.2, 0.25) is 0 Å². The number of nitrogens with zero attached hydrogens (tertiary/aromatic N) is 2. The Balaban J connectivity index is 2.28. The second-order valence-electron chi connectivity index (χ2n) is 6.16. The Kier molecular flexibility index (Phi) is 5.39. The number of hydrogen-bond acceptors (Lipinski definition) is 3. The molecule has 2 N–H and O–H groups in total. The van der Waals surface area contributed by atoms with Gasteiger partial charge in [0.05, 0.1) is 24.2 Å². The summed E-state index contributed by atoms with van der Waals surface area (Å²) in [5.41, 5.74) is 2.98. The highest BCUT2D eigenvalue weighted by atomic mass is 16.4. The molecule has 0 aliphatic heterocycles. The van der Waals surface area contributed by atoms with Gasteiger partial charge in [-0.1, -0.05) is 24.3 Å². The molecule has 1 unspecified atom stereocenters. The van der Waals surface area contributed by atoms with Gasteiger partial charge in [0, 0.05) is 11.7 Å². The van der Waals surface area contributed by atoms with Crippen molar-refractivity contribution in [1.82, 2.24) is 15.1 Å². The van der Waals surface area contributed by atoms with Gasteiger partial charge in [0.2, 0.25) is 0 Å². The number of amides is 1. The first kappa shape index (κ1) is 17.7. The van der Waals surface area contributed by atoms with Crippen molar-refractivity contribution in [2.24, 2.45) is 0 Å². The minimum Gasteiger partial charge on any atom is -0.481 e. The van der Waals surface area contributed by atoms with Crippen molar-refractivity contribution < 1.29 is 14.7 Å². The van der Waals surface area contributed by atoms with Gasteiger partial charge in [0.25, 0.3) is 5.91 Å². The van der Waals surface area contributed by atoms with E-state index in [1.54, 1.807) is 4.68 Å². The Morgan fingerprint density at radius 1 is 1.25 bits per heavy atom. The third-order valence-corrected chi connectivity index (χ3v) is 4.03. The topological polar surface area (TPSA) is 84.2 Å². The van der Waals surface area contributed by atoms with Gasteiger partial charge in [0.15, 0.2) is 0 Å². The van der Waals surface area contributed by atoms with Gasteiger partial charge in [-0.2, -0.15) is 5.10 Å². The number of nitrogens with one attached hydrogen (secondary N) is 1. The summed E-state index contributed by atoms with van der Waals surface area (Å²) in [5.74, 6) is -1.27. The summed E-state index contributed by atoms with van der Waals surface area (Å²) < 4.78 is 1.77. The lowest BCUT2D eigenvalue weighted by molar-refractivity contribution is -0.137. The molecule has 128 valence electrons. The summed E-state index contributed by atoms with van der Waals surface area (Å²) in [5, 5.41) is 16.3. The molecule has 0 aliphatic carbocycles. The maximum atomic E-state index is 12.6. The van der Waals surface area contributed by atoms with Crippen LogP contribution >= 0.6 is 0 Å². The molecule has 2 rings (SSSR count). The average Bonchev–Trinajstić information content (AvgIpc) is 2.88. The van der Waals surface area contributed by atoms with E-state index in [2.05, 4.69) is 10.4 Å². The van der Waals surface area contributed by atoms with Crippen LogP contribution in [-0.4, -0.2) is 26.8 Å². The molecule has 6 heteroatoms. The number of carbonyl (C=O) groups excluding carboxylic acids is 1. The van der Waals surface area contributed by atoms with E-state index >= 15 is 0 Å². The fraction of sp³-hybridized carbons (Fsp3) is 0.389. The molecule has 0 spiro atoms. The molecule has 1 atom stereocenters. The molecule has 0 bridgehead atoms. The average molecular weight is 329 g/mol. The first-order valence-corrected chi connectivity index (χ1v) is 7.93. The molecule has 24 heavy (non-hydrogen) atoms. The number of aliphatic carboxylic acids is 1. The third-order valence-electron chi connectivity index (χ3n) is 4.03. The summed E-state index contributed by atoms with van der Waals surface area (Å²) in [6.07, 6.45) is 1.36. The van der Waals surface area contributed by atoms with E-state index in [0.29, 0.717) is 5.56 Å². The van der Waals surface area contributed by atoms with E-state index in [4.69, 9.17) is 0 Å². The lowest BCUT2D eigenvalue weighted by Gasteiger charge is -2.19. The monoisotopic (exact) mass is 329 g/mol. The second-order valence-corrected chi connectivity index (χ2v) is 6.16. The zero-order chi connectivity index (χ0) is 17.9. The van der Waals surface area contributed by atoms with Crippen LogP contribution in [0.25, 0.3) is 0 Å². The van der Waals surface area contributed by atoms with Crippen molar-refractivity contribution >= 4 is 11.9 Å². The van der Waals surface area contributed by atoms with E-state index < -0.39 is 12.0 Å². The van der Waals surface area contributed by atoms with Crippen molar-refractivity contribution in [2.75, 3.05) is 0 Å². The van der Waals surface area contributed by atoms with Gasteiger partial charge in [-0.15, -0.1) is 0 Å². The van der Waals surface area contributed by atoms with Crippen molar-refractivity contribution in [2.45, 2.75) is 46.2 Å². The van der Waals surface area contributed by atoms with Crippen LogP contribution in [0.5, 0.6) is 0 Å². The lowest BCUT2D eigenvalue weighted by atomic mass is 9.98. The fourth-order valence-corrected chi connectivity index (χ4v) is 2.79. The molecule has 2 aromatic rings.